The fourth-order valence-corrected chi connectivity index (χ4v) is 1.60. The van der Waals surface area contributed by atoms with Gasteiger partial charge < -0.3 is 0 Å². The molecule has 0 atom stereocenters. The molecule has 4 heteroatoms. The summed E-state index contributed by atoms with van der Waals surface area (Å²) in [5, 5.41) is 16.9. The van der Waals surface area contributed by atoms with E-state index < -0.39 is 0 Å². The van der Waals surface area contributed by atoms with Gasteiger partial charge in [0.1, 0.15) is 5.52 Å². The highest BCUT2D eigenvalue weighted by Crippen LogP contribution is 2.35. The van der Waals surface area contributed by atoms with Crippen LogP contribution in [0, 0.1) is 11.3 Å². The lowest BCUT2D eigenvalue weighted by molar-refractivity contribution is 0.630. The summed E-state index contributed by atoms with van der Waals surface area (Å²) in [5.74, 6) is 0. The monoisotopic (exact) mass is 184 g/mol. The summed E-state index contributed by atoms with van der Waals surface area (Å²) in [6.07, 6.45) is 2.39. The van der Waals surface area contributed by atoms with Crippen LogP contribution in [0.4, 0.5) is 0 Å². The van der Waals surface area contributed by atoms with Gasteiger partial charge in [-0.3, -0.25) is 0 Å². The second-order valence-corrected chi connectivity index (χ2v) is 3.58. The Morgan fingerprint density at radius 3 is 3.00 bits per heavy atom. The van der Waals surface area contributed by atoms with E-state index in [9.17, 15) is 0 Å². The molecule has 14 heavy (non-hydrogen) atoms. The Bertz CT molecular complexity index is 531. The Hall–Kier alpha value is -1.89. The van der Waals surface area contributed by atoms with Crippen LogP contribution in [0.1, 0.15) is 24.4 Å². The standard InChI is InChI=1S/C10H8N4/c11-6-7-1-4-10-9(5-7)12-13-14(10)8-2-3-8/h1,4-5,8H,2-3H2. The molecule has 1 aliphatic rings. The minimum atomic E-state index is 0.535. The minimum Gasteiger partial charge on any atom is -0.242 e. The SMILES string of the molecule is N#Cc1ccc2c(c1)nnn2C1CC1. The zero-order valence-corrected chi connectivity index (χ0v) is 7.51. The summed E-state index contributed by atoms with van der Waals surface area (Å²) in [6, 6.07) is 8.14. The average molecular weight is 184 g/mol. The Balaban J connectivity index is 2.23. The van der Waals surface area contributed by atoms with Crippen molar-refractivity contribution in [3.8, 4) is 6.07 Å². The van der Waals surface area contributed by atoms with Crippen molar-refractivity contribution >= 4 is 11.0 Å². The van der Waals surface area contributed by atoms with E-state index in [1.54, 1.807) is 6.07 Å². The molecule has 1 aromatic heterocycles. The predicted molar refractivity (Wildman–Crippen MR) is 50.5 cm³/mol. The molecule has 0 unspecified atom stereocenters. The topological polar surface area (TPSA) is 54.5 Å². The van der Waals surface area contributed by atoms with E-state index in [4.69, 9.17) is 5.26 Å². The highest BCUT2D eigenvalue weighted by Gasteiger charge is 2.26. The molecule has 1 fully saturated rings. The zero-order chi connectivity index (χ0) is 9.54. The molecule has 3 rings (SSSR count). The lowest BCUT2D eigenvalue weighted by Crippen LogP contribution is -1.95. The third-order valence-electron chi connectivity index (χ3n) is 2.49. The summed E-state index contributed by atoms with van der Waals surface area (Å²) in [7, 11) is 0. The van der Waals surface area contributed by atoms with Gasteiger partial charge >= 0.3 is 0 Å². The normalized spacial score (nSPS) is 15.6. The molecule has 0 radical (unpaired) electrons. The van der Waals surface area contributed by atoms with Crippen LogP contribution < -0.4 is 0 Å². The fourth-order valence-electron chi connectivity index (χ4n) is 1.60. The van der Waals surface area contributed by atoms with Crippen LogP contribution in [0.5, 0.6) is 0 Å². The first kappa shape index (κ1) is 7.51. The van der Waals surface area contributed by atoms with Crippen molar-refractivity contribution in [3.05, 3.63) is 23.8 Å². The summed E-state index contributed by atoms with van der Waals surface area (Å²) < 4.78 is 1.95. The number of aromatic nitrogens is 3. The predicted octanol–water partition coefficient (Wildman–Crippen LogP) is 1.64. The molecule has 1 aliphatic carbocycles. The Morgan fingerprint density at radius 1 is 1.43 bits per heavy atom. The van der Waals surface area contributed by atoms with Gasteiger partial charge in [0.2, 0.25) is 0 Å². The molecular weight excluding hydrogens is 176 g/mol. The number of rotatable bonds is 1. The summed E-state index contributed by atoms with van der Waals surface area (Å²) in [5.41, 5.74) is 2.49. The summed E-state index contributed by atoms with van der Waals surface area (Å²) >= 11 is 0. The lowest BCUT2D eigenvalue weighted by Gasteiger charge is -1.96. The summed E-state index contributed by atoms with van der Waals surface area (Å²) in [4.78, 5) is 0. The molecule has 0 aliphatic heterocycles. The van der Waals surface area contributed by atoms with Gasteiger partial charge in [0.25, 0.3) is 0 Å². The van der Waals surface area contributed by atoms with Crippen LogP contribution in [0.15, 0.2) is 18.2 Å². The van der Waals surface area contributed by atoms with E-state index in [1.165, 1.54) is 12.8 Å². The van der Waals surface area contributed by atoms with Crippen LogP contribution in [-0.2, 0) is 0 Å². The fraction of sp³-hybridized carbons (Fsp3) is 0.300. The van der Waals surface area contributed by atoms with Crippen molar-refractivity contribution in [3.63, 3.8) is 0 Å². The van der Waals surface area contributed by atoms with Crippen molar-refractivity contribution in [2.24, 2.45) is 0 Å². The molecule has 4 nitrogen and oxygen atoms in total. The maximum absolute atomic E-state index is 8.72. The maximum atomic E-state index is 8.72. The van der Waals surface area contributed by atoms with E-state index >= 15 is 0 Å². The number of fused-ring (bicyclic) bond motifs is 1. The Kier molecular flexibility index (Phi) is 1.37. The van der Waals surface area contributed by atoms with Crippen molar-refractivity contribution in [1.82, 2.24) is 15.0 Å². The maximum Gasteiger partial charge on any atom is 0.114 e. The van der Waals surface area contributed by atoms with Crippen molar-refractivity contribution in [2.45, 2.75) is 18.9 Å². The van der Waals surface area contributed by atoms with Gasteiger partial charge in [-0.25, -0.2) is 4.68 Å². The lowest BCUT2D eigenvalue weighted by atomic mass is 10.2. The molecule has 0 bridgehead atoms. The van der Waals surface area contributed by atoms with Gasteiger partial charge in [-0.05, 0) is 31.0 Å². The first-order valence-electron chi connectivity index (χ1n) is 4.63. The third-order valence-corrected chi connectivity index (χ3v) is 2.49. The molecule has 0 amide bonds. The average Bonchev–Trinajstić information content (AvgIpc) is 2.98. The first-order valence-corrected chi connectivity index (χ1v) is 4.63. The van der Waals surface area contributed by atoms with E-state index in [1.807, 2.05) is 16.8 Å². The number of hydrogen-bond donors (Lipinski definition) is 0. The Morgan fingerprint density at radius 2 is 2.29 bits per heavy atom. The van der Waals surface area contributed by atoms with E-state index in [0.717, 1.165) is 11.0 Å². The molecule has 0 spiro atoms. The van der Waals surface area contributed by atoms with Crippen LogP contribution in [0.2, 0.25) is 0 Å². The van der Waals surface area contributed by atoms with Crippen LogP contribution >= 0.6 is 0 Å². The van der Waals surface area contributed by atoms with Gasteiger partial charge in [0.15, 0.2) is 0 Å². The third kappa shape index (κ3) is 0.990. The Labute approximate surface area is 80.8 Å². The summed E-state index contributed by atoms with van der Waals surface area (Å²) in [6.45, 7) is 0. The smallest absolute Gasteiger partial charge is 0.114 e. The van der Waals surface area contributed by atoms with E-state index in [0.29, 0.717) is 11.6 Å². The van der Waals surface area contributed by atoms with Crippen molar-refractivity contribution < 1.29 is 0 Å². The quantitative estimate of drug-likeness (QED) is 0.676. The first-order chi connectivity index (χ1) is 6.88. The van der Waals surface area contributed by atoms with Gasteiger partial charge in [-0.2, -0.15) is 5.26 Å². The van der Waals surface area contributed by atoms with Gasteiger partial charge in [-0.15, -0.1) is 5.10 Å². The molecular formula is C10H8N4. The molecule has 1 heterocycles. The van der Waals surface area contributed by atoms with Crippen LogP contribution in [0.3, 0.4) is 0 Å². The zero-order valence-electron chi connectivity index (χ0n) is 7.51. The molecule has 0 saturated heterocycles. The van der Waals surface area contributed by atoms with E-state index in [-0.39, 0.29) is 0 Å². The number of nitriles is 1. The van der Waals surface area contributed by atoms with Crippen LogP contribution in [-0.4, -0.2) is 15.0 Å². The molecule has 0 N–H and O–H groups in total. The molecule has 1 aromatic carbocycles. The van der Waals surface area contributed by atoms with Gasteiger partial charge in [-0.1, -0.05) is 5.21 Å². The highest BCUT2D eigenvalue weighted by atomic mass is 15.4. The molecule has 68 valence electrons. The van der Waals surface area contributed by atoms with Crippen LogP contribution in [0.25, 0.3) is 11.0 Å². The minimum absolute atomic E-state index is 0.535. The van der Waals surface area contributed by atoms with Gasteiger partial charge in [0, 0.05) is 0 Å². The number of nitrogens with zero attached hydrogens (tertiary/aromatic N) is 4. The highest BCUT2D eigenvalue weighted by molar-refractivity contribution is 5.76. The second kappa shape index (κ2) is 2.55. The van der Waals surface area contributed by atoms with Crippen molar-refractivity contribution in [2.75, 3.05) is 0 Å². The molecule has 1 saturated carbocycles. The van der Waals surface area contributed by atoms with Crippen molar-refractivity contribution in [1.29, 1.82) is 5.26 Å². The number of hydrogen-bond acceptors (Lipinski definition) is 3. The van der Waals surface area contributed by atoms with E-state index in [2.05, 4.69) is 16.4 Å². The second-order valence-electron chi connectivity index (χ2n) is 3.58. The van der Waals surface area contributed by atoms with Gasteiger partial charge in [0.05, 0.1) is 23.2 Å². The molecule has 2 aromatic rings. The largest absolute Gasteiger partial charge is 0.242 e. The number of benzene rings is 1.